The van der Waals surface area contributed by atoms with Gasteiger partial charge >= 0.3 is 17.9 Å². The molecule has 0 heterocycles. The van der Waals surface area contributed by atoms with Crippen molar-refractivity contribution in [3.05, 3.63) is 0 Å². The number of esters is 3. The fraction of sp³-hybridized carbons (Fsp3) is 0.941. The smallest absolute Gasteiger partial charge is 0.306 e. The lowest BCUT2D eigenvalue weighted by Crippen LogP contribution is -2.30. The van der Waals surface area contributed by atoms with E-state index in [1.54, 1.807) is 0 Å². The van der Waals surface area contributed by atoms with Gasteiger partial charge in [-0.2, -0.15) is 0 Å². The molecular formula is C51H98O6. The summed E-state index contributed by atoms with van der Waals surface area (Å²) >= 11 is 0. The van der Waals surface area contributed by atoms with Gasteiger partial charge in [-0.05, 0) is 31.1 Å². The van der Waals surface area contributed by atoms with Gasteiger partial charge < -0.3 is 14.2 Å². The van der Waals surface area contributed by atoms with E-state index in [2.05, 4.69) is 34.6 Å². The van der Waals surface area contributed by atoms with E-state index < -0.39 is 6.10 Å². The van der Waals surface area contributed by atoms with Gasteiger partial charge in [0.05, 0.1) is 0 Å². The predicted octanol–water partition coefficient (Wildman–Crippen LogP) is 16.1. The molecule has 6 nitrogen and oxygen atoms in total. The number of unbranched alkanes of at least 4 members (excludes halogenated alkanes) is 30. The van der Waals surface area contributed by atoms with E-state index in [0.717, 1.165) is 69.6 Å². The van der Waals surface area contributed by atoms with Crippen LogP contribution in [0.25, 0.3) is 0 Å². The molecule has 0 amide bonds. The third-order valence-electron chi connectivity index (χ3n) is 11.5. The Morgan fingerprint density at radius 2 is 0.579 bits per heavy atom. The maximum absolute atomic E-state index is 12.8. The number of rotatable bonds is 45. The van der Waals surface area contributed by atoms with E-state index in [1.165, 1.54) is 167 Å². The van der Waals surface area contributed by atoms with Crippen LogP contribution in [0.3, 0.4) is 0 Å². The van der Waals surface area contributed by atoms with Crippen LogP contribution in [0.1, 0.15) is 279 Å². The van der Waals surface area contributed by atoms with Crippen molar-refractivity contribution in [2.24, 2.45) is 11.8 Å². The standard InChI is InChI=1S/C51H98O6/c1-6-7-8-9-10-19-26-31-36-41-49(52)55-44-48(45-56-50(53)42-37-32-27-22-18-14-16-21-25-30-35-40-47(4)5)57-51(54)43-38-33-28-23-17-13-11-12-15-20-24-29-34-39-46(2)3/h46-48H,6-45H2,1-5H3/t48-/m1/s1. The first-order chi connectivity index (χ1) is 27.7. The Balaban J connectivity index is 4.28. The Labute approximate surface area is 355 Å². The monoisotopic (exact) mass is 807 g/mol. The lowest BCUT2D eigenvalue weighted by molar-refractivity contribution is -0.167. The van der Waals surface area contributed by atoms with Crippen molar-refractivity contribution in [1.82, 2.24) is 0 Å². The van der Waals surface area contributed by atoms with Crippen molar-refractivity contribution in [1.29, 1.82) is 0 Å². The van der Waals surface area contributed by atoms with Crippen LogP contribution >= 0.6 is 0 Å². The summed E-state index contributed by atoms with van der Waals surface area (Å²) in [5, 5.41) is 0. The SMILES string of the molecule is CCCCCCCCCCCC(=O)OC[C@H](COC(=O)CCCCCCCCCCCCCC(C)C)OC(=O)CCCCCCCCCCCCCCCC(C)C. The van der Waals surface area contributed by atoms with E-state index in [1.807, 2.05) is 0 Å². The summed E-state index contributed by atoms with van der Waals surface area (Å²) < 4.78 is 16.8. The average molecular weight is 807 g/mol. The van der Waals surface area contributed by atoms with Crippen LogP contribution < -0.4 is 0 Å². The number of carbonyl (C=O) groups excluding carboxylic acids is 3. The third kappa shape index (κ3) is 45.3. The first-order valence-electron chi connectivity index (χ1n) is 25.2. The Bertz CT molecular complexity index is 870. The van der Waals surface area contributed by atoms with Crippen LogP contribution in [0.2, 0.25) is 0 Å². The van der Waals surface area contributed by atoms with Crippen LogP contribution in [-0.2, 0) is 28.6 Å². The summed E-state index contributed by atoms with van der Waals surface area (Å²) in [5.74, 6) is 0.813. The van der Waals surface area contributed by atoms with Gasteiger partial charge in [0.25, 0.3) is 0 Å². The summed E-state index contributed by atoms with van der Waals surface area (Å²) in [6, 6.07) is 0. The van der Waals surface area contributed by atoms with Crippen LogP contribution in [-0.4, -0.2) is 37.2 Å². The highest BCUT2D eigenvalue weighted by atomic mass is 16.6. The molecule has 0 bridgehead atoms. The van der Waals surface area contributed by atoms with Crippen molar-refractivity contribution >= 4 is 17.9 Å². The van der Waals surface area contributed by atoms with Crippen molar-refractivity contribution in [3.8, 4) is 0 Å². The fourth-order valence-electron chi connectivity index (χ4n) is 7.64. The highest BCUT2D eigenvalue weighted by Crippen LogP contribution is 2.17. The van der Waals surface area contributed by atoms with Crippen LogP contribution in [0.15, 0.2) is 0 Å². The van der Waals surface area contributed by atoms with Crippen molar-refractivity contribution in [2.75, 3.05) is 13.2 Å². The summed E-state index contributed by atoms with van der Waals surface area (Å²) in [7, 11) is 0. The average Bonchev–Trinajstić information content (AvgIpc) is 3.18. The van der Waals surface area contributed by atoms with E-state index in [4.69, 9.17) is 14.2 Å². The molecule has 0 N–H and O–H groups in total. The number of carbonyl (C=O) groups is 3. The van der Waals surface area contributed by atoms with Gasteiger partial charge in [-0.3, -0.25) is 14.4 Å². The van der Waals surface area contributed by atoms with Gasteiger partial charge in [-0.25, -0.2) is 0 Å². The molecule has 0 radical (unpaired) electrons. The maximum atomic E-state index is 12.8. The summed E-state index contributed by atoms with van der Waals surface area (Å²) in [6.07, 6.45) is 43.7. The zero-order chi connectivity index (χ0) is 41.9. The first kappa shape index (κ1) is 55.4. The topological polar surface area (TPSA) is 78.9 Å². The first-order valence-corrected chi connectivity index (χ1v) is 25.2. The number of hydrogen-bond donors (Lipinski definition) is 0. The van der Waals surface area contributed by atoms with E-state index >= 15 is 0 Å². The molecule has 0 spiro atoms. The molecule has 0 aliphatic heterocycles. The zero-order valence-corrected chi connectivity index (χ0v) is 39.0. The fourth-order valence-corrected chi connectivity index (χ4v) is 7.64. The summed E-state index contributed by atoms with van der Waals surface area (Å²) in [5.41, 5.74) is 0. The van der Waals surface area contributed by atoms with Gasteiger partial charge in [0.15, 0.2) is 6.10 Å². The molecule has 0 aromatic carbocycles. The minimum Gasteiger partial charge on any atom is -0.462 e. The molecule has 338 valence electrons. The molecule has 0 rings (SSSR count). The zero-order valence-electron chi connectivity index (χ0n) is 39.0. The van der Waals surface area contributed by atoms with Gasteiger partial charge in [-0.15, -0.1) is 0 Å². The summed E-state index contributed by atoms with van der Waals surface area (Å²) in [4.78, 5) is 37.8. The van der Waals surface area contributed by atoms with Gasteiger partial charge in [-0.1, -0.05) is 240 Å². The largest absolute Gasteiger partial charge is 0.462 e. The van der Waals surface area contributed by atoms with Gasteiger partial charge in [0.1, 0.15) is 13.2 Å². The Kier molecular flexibility index (Phi) is 42.7. The number of ether oxygens (including phenoxy) is 3. The molecule has 0 aliphatic rings. The van der Waals surface area contributed by atoms with E-state index in [0.29, 0.717) is 19.3 Å². The lowest BCUT2D eigenvalue weighted by atomic mass is 10.0. The molecular weight excluding hydrogens is 709 g/mol. The molecule has 0 fully saturated rings. The minimum absolute atomic E-state index is 0.0640. The molecule has 6 heteroatoms. The summed E-state index contributed by atoms with van der Waals surface area (Å²) in [6.45, 7) is 11.4. The van der Waals surface area contributed by atoms with Crippen LogP contribution in [0.4, 0.5) is 0 Å². The second kappa shape index (κ2) is 44.0. The quantitative estimate of drug-likeness (QED) is 0.0346. The van der Waals surface area contributed by atoms with Crippen molar-refractivity contribution < 1.29 is 28.6 Å². The van der Waals surface area contributed by atoms with Crippen molar-refractivity contribution in [3.63, 3.8) is 0 Å². The van der Waals surface area contributed by atoms with E-state index in [-0.39, 0.29) is 31.1 Å². The molecule has 0 aliphatic carbocycles. The second-order valence-electron chi connectivity index (χ2n) is 18.4. The Hall–Kier alpha value is -1.59. The van der Waals surface area contributed by atoms with Crippen molar-refractivity contribution in [2.45, 2.75) is 285 Å². The molecule has 0 aromatic rings. The lowest BCUT2D eigenvalue weighted by Gasteiger charge is -2.18. The van der Waals surface area contributed by atoms with Crippen LogP contribution in [0, 0.1) is 11.8 Å². The van der Waals surface area contributed by atoms with Crippen LogP contribution in [0.5, 0.6) is 0 Å². The highest BCUT2D eigenvalue weighted by molar-refractivity contribution is 5.71. The van der Waals surface area contributed by atoms with Gasteiger partial charge in [0.2, 0.25) is 0 Å². The predicted molar refractivity (Wildman–Crippen MR) is 243 cm³/mol. The second-order valence-corrected chi connectivity index (χ2v) is 18.4. The number of hydrogen-bond acceptors (Lipinski definition) is 6. The molecule has 1 atom stereocenters. The molecule has 0 saturated carbocycles. The normalized spacial score (nSPS) is 12.1. The third-order valence-corrected chi connectivity index (χ3v) is 11.5. The molecule has 0 unspecified atom stereocenters. The van der Waals surface area contributed by atoms with E-state index in [9.17, 15) is 14.4 Å². The Morgan fingerprint density at radius 3 is 0.860 bits per heavy atom. The maximum Gasteiger partial charge on any atom is 0.306 e. The Morgan fingerprint density at radius 1 is 0.333 bits per heavy atom. The highest BCUT2D eigenvalue weighted by Gasteiger charge is 2.19. The molecule has 0 saturated heterocycles. The molecule has 57 heavy (non-hydrogen) atoms. The minimum atomic E-state index is -0.760. The molecule has 0 aromatic heterocycles. The van der Waals surface area contributed by atoms with Gasteiger partial charge in [0, 0.05) is 19.3 Å².